The van der Waals surface area contributed by atoms with E-state index >= 15 is 0 Å². The van der Waals surface area contributed by atoms with Gasteiger partial charge in [-0.3, -0.25) is 0 Å². The summed E-state index contributed by atoms with van der Waals surface area (Å²) in [6.45, 7) is 1.63. The predicted molar refractivity (Wildman–Crippen MR) is 77.5 cm³/mol. The SMILES string of the molecule is CCCCCCCCC[C@]1(O)[C@@H](O)O[C@H](CO)[C@@H](O)[C@@H]1O. The molecule has 0 radical (unpaired) electrons. The topological polar surface area (TPSA) is 110 Å². The van der Waals surface area contributed by atoms with Crippen molar-refractivity contribution >= 4 is 0 Å². The Labute approximate surface area is 126 Å². The molecule has 126 valence electrons. The highest BCUT2D eigenvalue weighted by molar-refractivity contribution is 4.99. The quantitative estimate of drug-likeness (QED) is 0.392. The highest BCUT2D eigenvalue weighted by Gasteiger charge is 2.53. The smallest absolute Gasteiger partial charge is 0.186 e. The zero-order chi connectivity index (χ0) is 15.9. The minimum absolute atomic E-state index is 0.151. The number of aliphatic hydroxyl groups excluding tert-OH is 4. The molecule has 0 aromatic carbocycles. The summed E-state index contributed by atoms with van der Waals surface area (Å²) < 4.78 is 4.99. The number of rotatable bonds is 9. The van der Waals surface area contributed by atoms with Gasteiger partial charge in [-0.1, -0.05) is 51.9 Å². The van der Waals surface area contributed by atoms with Crippen molar-refractivity contribution in [2.45, 2.75) is 88.5 Å². The van der Waals surface area contributed by atoms with Crippen LogP contribution < -0.4 is 0 Å². The van der Waals surface area contributed by atoms with Gasteiger partial charge in [-0.25, -0.2) is 0 Å². The van der Waals surface area contributed by atoms with E-state index in [2.05, 4.69) is 6.92 Å². The summed E-state index contributed by atoms with van der Waals surface area (Å²) >= 11 is 0. The van der Waals surface area contributed by atoms with Crippen LogP contribution in [0.4, 0.5) is 0 Å². The molecule has 1 heterocycles. The fourth-order valence-corrected chi connectivity index (χ4v) is 2.80. The molecule has 5 atom stereocenters. The molecule has 1 aliphatic heterocycles. The Hall–Kier alpha value is -0.240. The first-order valence-corrected chi connectivity index (χ1v) is 8.00. The highest BCUT2D eigenvalue weighted by atomic mass is 16.6. The lowest BCUT2D eigenvalue weighted by Crippen LogP contribution is -2.66. The highest BCUT2D eigenvalue weighted by Crippen LogP contribution is 2.33. The van der Waals surface area contributed by atoms with Crippen molar-refractivity contribution in [3.05, 3.63) is 0 Å². The van der Waals surface area contributed by atoms with Gasteiger partial charge in [0.25, 0.3) is 0 Å². The third-order valence-electron chi connectivity index (χ3n) is 4.31. The van der Waals surface area contributed by atoms with E-state index in [-0.39, 0.29) is 6.42 Å². The van der Waals surface area contributed by atoms with Crippen LogP contribution in [0.3, 0.4) is 0 Å². The Morgan fingerprint density at radius 1 is 0.952 bits per heavy atom. The van der Waals surface area contributed by atoms with E-state index in [4.69, 9.17) is 9.84 Å². The lowest BCUT2D eigenvalue weighted by Gasteiger charge is -2.46. The Morgan fingerprint density at radius 3 is 2.10 bits per heavy atom. The molecule has 6 heteroatoms. The summed E-state index contributed by atoms with van der Waals surface area (Å²) in [4.78, 5) is 0. The van der Waals surface area contributed by atoms with Crippen LogP contribution in [0.25, 0.3) is 0 Å². The first-order valence-electron chi connectivity index (χ1n) is 8.00. The molecule has 21 heavy (non-hydrogen) atoms. The third kappa shape index (κ3) is 4.87. The monoisotopic (exact) mass is 306 g/mol. The molecule has 1 rings (SSSR count). The Kier molecular flexibility index (Phi) is 8.08. The maximum Gasteiger partial charge on any atom is 0.186 e. The normalized spacial score (nSPS) is 36.9. The van der Waals surface area contributed by atoms with Crippen molar-refractivity contribution < 1.29 is 30.3 Å². The van der Waals surface area contributed by atoms with E-state index in [0.29, 0.717) is 6.42 Å². The average molecular weight is 306 g/mol. The molecule has 1 aliphatic rings. The number of hydrogen-bond donors (Lipinski definition) is 5. The maximum atomic E-state index is 10.4. The number of unbranched alkanes of at least 4 members (excludes halogenated alkanes) is 6. The molecule has 0 aromatic heterocycles. The van der Waals surface area contributed by atoms with Crippen LogP contribution >= 0.6 is 0 Å². The summed E-state index contributed by atoms with van der Waals surface area (Å²) in [7, 11) is 0. The van der Waals surface area contributed by atoms with Crippen molar-refractivity contribution in [2.75, 3.05) is 6.61 Å². The van der Waals surface area contributed by atoms with Crippen molar-refractivity contribution in [3.8, 4) is 0 Å². The summed E-state index contributed by atoms with van der Waals surface area (Å²) in [6.07, 6.45) is 1.87. The molecule has 0 aliphatic carbocycles. The van der Waals surface area contributed by atoms with Gasteiger partial charge in [-0.2, -0.15) is 0 Å². The molecular weight excluding hydrogens is 276 g/mol. The van der Waals surface area contributed by atoms with E-state index < -0.39 is 36.8 Å². The third-order valence-corrected chi connectivity index (χ3v) is 4.31. The van der Waals surface area contributed by atoms with E-state index in [9.17, 15) is 20.4 Å². The second kappa shape index (κ2) is 9.02. The second-order valence-electron chi connectivity index (χ2n) is 6.01. The van der Waals surface area contributed by atoms with Gasteiger partial charge in [-0.15, -0.1) is 0 Å². The molecule has 5 N–H and O–H groups in total. The van der Waals surface area contributed by atoms with Crippen LogP contribution in [-0.4, -0.2) is 62.3 Å². The van der Waals surface area contributed by atoms with E-state index in [1.165, 1.54) is 19.3 Å². The van der Waals surface area contributed by atoms with Crippen molar-refractivity contribution in [2.24, 2.45) is 0 Å². The van der Waals surface area contributed by atoms with Crippen LogP contribution in [0.1, 0.15) is 58.3 Å². The Balaban J connectivity index is 2.37. The fraction of sp³-hybridized carbons (Fsp3) is 1.00. The lowest BCUT2D eigenvalue weighted by atomic mass is 9.82. The van der Waals surface area contributed by atoms with E-state index in [1.54, 1.807) is 0 Å². The Morgan fingerprint density at radius 2 is 1.52 bits per heavy atom. The molecule has 0 spiro atoms. The average Bonchev–Trinajstić information content (AvgIpc) is 2.48. The standard InChI is InChI=1S/C15H30O6/c1-2-3-4-5-6-7-8-9-15(20)13(18)12(17)11(10-16)21-14(15)19/h11-14,16-20H,2-10H2,1H3/t11-,12-,13+,14+,15-/m1/s1. The molecule has 1 fully saturated rings. The molecule has 6 nitrogen and oxygen atoms in total. The van der Waals surface area contributed by atoms with Gasteiger partial charge in [0.1, 0.15) is 23.9 Å². The van der Waals surface area contributed by atoms with Gasteiger partial charge >= 0.3 is 0 Å². The lowest BCUT2D eigenvalue weighted by molar-refractivity contribution is -0.331. The summed E-state index contributed by atoms with van der Waals surface area (Å²) in [5.74, 6) is 0. The first-order chi connectivity index (χ1) is 9.97. The zero-order valence-corrected chi connectivity index (χ0v) is 12.8. The van der Waals surface area contributed by atoms with Gasteiger partial charge < -0.3 is 30.3 Å². The van der Waals surface area contributed by atoms with E-state index in [0.717, 1.165) is 19.3 Å². The molecule has 0 aromatic rings. The van der Waals surface area contributed by atoms with Crippen LogP contribution in [0.15, 0.2) is 0 Å². The largest absolute Gasteiger partial charge is 0.394 e. The minimum atomic E-state index is -1.88. The molecule has 0 saturated carbocycles. The first kappa shape index (κ1) is 18.8. The summed E-state index contributed by atoms with van der Waals surface area (Å²) in [5, 5.41) is 49.0. The summed E-state index contributed by atoms with van der Waals surface area (Å²) in [6, 6.07) is 0. The molecule has 0 bridgehead atoms. The van der Waals surface area contributed by atoms with Gasteiger partial charge in [0.2, 0.25) is 0 Å². The van der Waals surface area contributed by atoms with Crippen molar-refractivity contribution in [1.82, 2.24) is 0 Å². The Bertz CT molecular complexity index is 287. The van der Waals surface area contributed by atoms with Crippen molar-refractivity contribution in [3.63, 3.8) is 0 Å². The maximum absolute atomic E-state index is 10.4. The van der Waals surface area contributed by atoms with Crippen LogP contribution in [-0.2, 0) is 4.74 Å². The molecule has 0 unspecified atom stereocenters. The number of aliphatic hydroxyl groups is 5. The summed E-state index contributed by atoms with van der Waals surface area (Å²) in [5.41, 5.74) is -1.88. The van der Waals surface area contributed by atoms with Gasteiger partial charge in [0.15, 0.2) is 6.29 Å². The van der Waals surface area contributed by atoms with E-state index in [1.807, 2.05) is 0 Å². The molecule has 1 saturated heterocycles. The zero-order valence-electron chi connectivity index (χ0n) is 12.8. The number of ether oxygens (including phenoxy) is 1. The van der Waals surface area contributed by atoms with Gasteiger partial charge in [-0.05, 0) is 6.42 Å². The van der Waals surface area contributed by atoms with Gasteiger partial charge in [0, 0.05) is 0 Å². The fourth-order valence-electron chi connectivity index (χ4n) is 2.80. The number of hydrogen-bond acceptors (Lipinski definition) is 6. The van der Waals surface area contributed by atoms with Gasteiger partial charge in [0.05, 0.1) is 6.61 Å². The van der Waals surface area contributed by atoms with Crippen molar-refractivity contribution in [1.29, 1.82) is 0 Å². The predicted octanol–water partition coefficient (Wildman–Crippen LogP) is 0.289. The van der Waals surface area contributed by atoms with Crippen LogP contribution in [0, 0.1) is 0 Å². The second-order valence-corrected chi connectivity index (χ2v) is 6.01. The minimum Gasteiger partial charge on any atom is -0.394 e. The molecular formula is C15H30O6. The molecule has 0 amide bonds. The van der Waals surface area contributed by atoms with Crippen LogP contribution in [0.5, 0.6) is 0 Å². The van der Waals surface area contributed by atoms with Crippen LogP contribution in [0.2, 0.25) is 0 Å².